The molecule has 5 heteroatoms. The second-order valence-electron chi connectivity index (χ2n) is 5.73. The molecule has 0 bridgehead atoms. The van der Waals surface area contributed by atoms with E-state index in [1.54, 1.807) is 0 Å². The van der Waals surface area contributed by atoms with Gasteiger partial charge in [-0.2, -0.15) is 0 Å². The third kappa shape index (κ3) is 2.66. The second kappa shape index (κ2) is 5.33. The Balaban J connectivity index is 2.35. The molecule has 1 aromatic rings. The first-order valence-corrected chi connectivity index (χ1v) is 6.96. The van der Waals surface area contributed by atoms with Crippen LogP contribution in [0.25, 0.3) is 0 Å². The van der Waals surface area contributed by atoms with Gasteiger partial charge in [0.25, 0.3) is 0 Å². The predicted octanol–water partition coefficient (Wildman–Crippen LogP) is 2.28. The van der Waals surface area contributed by atoms with Crippen molar-refractivity contribution in [3.05, 3.63) is 11.4 Å². The Kier molecular flexibility index (Phi) is 3.94. The van der Waals surface area contributed by atoms with Crippen LogP contribution in [0, 0.1) is 6.92 Å². The lowest BCUT2D eigenvalue weighted by molar-refractivity contribution is 0.143. The van der Waals surface area contributed by atoms with Crippen molar-refractivity contribution in [1.29, 1.82) is 0 Å². The lowest BCUT2D eigenvalue weighted by atomic mass is 9.77. The third-order valence-corrected chi connectivity index (χ3v) is 3.91. The number of nitrogens with zero attached hydrogens (tertiary/aromatic N) is 2. The van der Waals surface area contributed by atoms with Crippen molar-refractivity contribution in [2.24, 2.45) is 0 Å². The number of rotatable bonds is 5. The zero-order valence-electron chi connectivity index (χ0n) is 12.2. The molecule has 0 atom stereocenters. The summed E-state index contributed by atoms with van der Waals surface area (Å²) in [6, 6.07) is 0. The first kappa shape index (κ1) is 14.1. The summed E-state index contributed by atoms with van der Waals surface area (Å²) < 4.78 is 0. The number of aliphatic hydroxyl groups is 1. The van der Waals surface area contributed by atoms with Gasteiger partial charge < -0.3 is 15.7 Å². The molecule has 1 saturated carbocycles. The van der Waals surface area contributed by atoms with Crippen LogP contribution in [0.3, 0.4) is 0 Å². The number of anilines is 2. The highest BCUT2D eigenvalue weighted by Gasteiger charge is 2.37. The van der Waals surface area contributed by atoms with Crippen LogP contribution in [0.15, 0.2) is 0 Å². The minimum Gasteiger partial charge on any atom is -0.394 e. The minimum absolute atomic E-state index is 0.155. The maximum atomic E-state index is 9.57. The summed E-state index contributed by atoms with van der Waals surface area (Å²) in [5.41, 5.74) is 0.824. The first-order valence-electron chi connectivity index (χ1n) is 6.96. The van der Waals surface area contributed by atoms with Crippen molar-refractivity contribution >= 4 is 11.6 Å². The van der Waals surface area contributed by atoms with E-state index < -0.39 is 0 Å². The van der Waals surface area contributed by atoms with Crippen LogP contribution in [0.5, 0.6) is 0 Å². The molecule has 0 unspecified atom stereocenters. The average molecular weight is 264 g/mol. The van der Waals surface area contributed by atoms with Gasteiger partial charge in [-0.25, -0.2) is 9.97 Å². The van der Waals surface area contributed by atoms with E-state index in [0.717, 1.165) is 42.3 Å². The summed E-state index contributed by atoms with van der Waals surface area (Å²) in [5.74, 6) is 2.80. The van der Waals surface area contributed by atoms with Crippen LogP contribution in [0.4, 0.5) is 11.6 Å². The zero-order chi connectivity index (χ0) is 14.0. The highest BCUT2D eigenvalue weighted by molar-refractivity contribution is 5.58. The Bertz CT molecular complexity index is 449. The number of hydrogen-bond acceptors (Lipinski definition) is 5. The van der Waals surface area contributed by atoms with E-state index in [0.29, 0.717) is 0 Å². The SMILES string of the molecule is CNc1nc(C(C)C)nc(NC2(CO)CCC2)c1C. The Labute approximate surface area is 114 Å². The largest absolute Gasteiger partial charge is 0.394 e. The summed E-state index contributed by atoms with van der Waals surface area (Å²) in [5, 5.41) is 16.1. The molecule has 106 valence electrons. The zero-order valence-corrected chi connectivity index (χ0v) is 12.2. The van der Waals surface area contributed by atoms with Gasteiger partial charge in [-0.3, -0.25) is 0 Å². The monoisotopic (exact) mass is 264 g/mol. The van der Waals surface area contributed by atoms with Crippen molar-refractivity contribution < 1.29 is 5.11 Å². The Morgan fingerprint density at radius 3 is 2.32 bits per heavy atom. The molecule has 1 aliphatic carbocycles. The summed E-state index contributed by atoms with van der Waals surface area (Å²) in [4.78, 5) is 9.15. The number of aliphatic hydroxyl groups excluding tert-OH is 1. The molecule has 19 heavy (non-hydrogen) atoms. The van der Waals surface area contributed by atoms with Crippen molar-refractivity contribution in [2.45, 2.75) is 51.5 Å². The van der Waals surface area contributed by atoms with Crippen LogP contribution >= 0.6 is 0 Å². The number of nitrogens with one attached hydrogen (secondary N) is 2. The van der Waals surface area contributed by atoms with E-state index in [1.165, 1.54) is 0 Å². The van der Waals surface area contributed by atoms with Crippen molar-refractivity contribution in [3.8, 4) is 0 Å². The van der Waals surface area contributed by atoms with E-state index in [9.17, 15) is 5.11 Å². The van der Waals surface area contributed by atoms with E-state index in [1.807, 2.05) is 14.0 Å². The molecule has 1 aliphatic rings. The van der Waals surface area contributed by atoms with Gasteiger partial charge in [0, 0.05) is 18.5 Å². The lowest BCUT2D eigenvalue weighted by Gasteiger charge is -2.41. The van der Waals surface area contributed by atoms with Crippen molar-refractivity contribution in [1.82, 2.24) is 9.97 Å². The summed E-state index contributed by atoms with van der Waals surface area (Å²) in [6.45, 7) is 6.32. The maximum absolute atomic E-state index is 9.57. The molecule has 3 N–H and O–H groups in total. The van der Waals surface area contributed by atoms with Crippen LogP contribution in [-0.4, -0.2) is 34.3 Å². The number of aromatic nitrogens is 2. The quantitative estimate of drug-likeness (QED) is 0.761. The van der Waals surface area contributed by atoms with E-state index in [2.05, 4.69) is 34.4 Å². The van der Waals surface area contributed by atoms with Crippen LogP contribution in [0.2, 0.25) is 0 Å². The molecule has 0 aromatic carbocycles. The maximum Gasteiger partial charge on any atom is 0.135 e. The van der Waals surface area contributed by atoms with Crippen LogP contribution in [0.1, 0.15) is 50.4 Å². The highest BCUT2D eigenvalue weighted by Crippen LogP contribution is 2.36. The fourth-order valence-corrected chi connectivity index (χ4v) is 2.33. The standard InChI is InChI=1S/C14H24N4O/c1-9(2)11-16-12(15-4)10(3)13(17-11)18-14(8-19)6-5-7-14/h9,19H,5-8H2,1-4H3,(H2,15,16,17,18). The predicted molar refractivity (Wildman–Crippen MR) is 77.7 cm³/mol. The normalized spacial score (nSPS) is 17.2. The van der Waals surface area contributed by atoms with Gasteiger partial charge in [0.1, 0.15) is 17.5 Å². The summed E-state index contributed by atoms with van der Waals surface area (Å²) >= 11 is 0. The molecule has 0 spiro atoms. The Morgan fingerprint density at radius 2 is 1.89 bits per heavy atom. The van der Waals surface area contributed by atoms with Gasteiger partial charge in [-0.1, -0.05) is 13.8 Å². The van der Waals surface area contributed by atoms with Gasteiger partial charge >= 0.3 is 0 Å². The molecule has 5 nitrogen and oxygen atoms in total. The molecule has 1 aromatic heterocycles. The minimum atomic E-state index is -0.182. The molecule has 0 amide bonds. The van der Waals surface area contributed by atoms with Crippen molar-refractivity contribution in [3.63, 3.8) is 0 Å². The third-order valence-electron chi connectivity index (χ3n) is 3.91. The van der Waals surface area contributed by atoms with E-state index >= 15 is 0 Å². The number of hydrogen-bond donors (Lipinski definition) is 3. The molecule has 1 heterocycles. The Hall–Kier alpha value is -1.36. The summed E-state index contributed by atoms with van der Waals surface area (Å²) in [6.07, 6.45) is 3.16. The molecule has 1 fully saturated rings. The topological polar surface area (TPSA) is 70.1 Å². The first-order chi connectivity index (χ1) is 9.01. The molecular weight excluding hydrogens is 240 g/mol. The van der Waals surface area contributed by atoms with Gasteiger partial charge in [-0.15, -0.1) is 0 Å². The molecule has 2 rings (SSSR count). The van der Waals surface area contributed by atoms with Gasteiger partial charge in [-0.05, 0) is 26.2 Å². The molecular formula is C14H24N4O. The molecule has 0 aliphatic heterocycles. The fourth-order valence-electron chi connectivity index (χ4n) is 2.33. The van der Waals surface area contributed by atoms with Crippen molar-refractivity contribution in [2.75, 3.05) is 24.3 Å². The summed E-state index contributed by atoms with van der Waals surface area (Å²) in [7, 11) is 1.87. The lowest BCUT2D eigenvalue weighted by Crippen LogP contribution is -2.48. The van der Waals surface area contributed by atoms with Crippen LogP contribution in [-0.2, 0) is 0 Å². The van der Waals surface area contributed by atoms with Gasteiger partial charge in [0.2, 0.25) is 0 Å². The van der Waals surface area contributed by atoms with Gasteiger partial charge in [0.15, 0.2) is 0 Å². The van der Waals surface area contributed by atoms with Crippen LogP contribution < -0.4 is 10.6 Å². The van der Waals surface area contributed by atoms with E-state index in [4.69, 9.17) is 0 Å². The highest BCUT2D eigenvalue weighted by atomic mass is 16.3. The Morgan fingerprint density at radius 1 is 1.26 bits per heavy atom. The smallest absolute Gasteiger partial charge is 0.135 e. The fraction of sp³-hybridized carbons (Fsp3) is 0.714. The molecule has 0 saturated heterocycles. The molecule has 0 radical (unpaired) electrons. The van der Waals surface area contributed by atoms with E-state index in [-0.39, 0.29) is 18.1 Å². The average Bonchev–Trinajstić information content (AvgIpc) is 2.35. The van der Waals surface area contributed by atoms with Gasteiger partial charge in [0.05, 0.1) is 12.1 Å². The second-order valence-corrected chi connectivity index (χ2v) is 5.73.